The van der Waals surface area contributed by atoms with Gasteiger partial charge in [-0.3, -0.25) is 14.9 Å². The van der Waals surface area contributed by atoms with Crippen LogP contribution in [0.3, 0.4) is 0 Å². The van der Waals surface area contributed by atoms with E-state index < -0.39 is 0 Å². The van der Waals surface area contributed by atoms with Crippen molar-refractivity contribution in [3.63, 3.8) is 0 Å². The first-order chi connectivity index (χ1) is 13.6. The molecule has 0 aromatic carbocycles. The molecule has 1 aliphatic heterocycles. The number of hydrogen-bond acceptors (Lipinski definition) is 6. The zero-order valence-electron chi connectivity index (χ0n) is 16.4. The van der Waals surface area contributed by atoms with Crippen molar-refractivity contribution in [1.29, 1.82) is 0 Å². The van der Waals surface area contributed by atoms with Gasteiger partial charge < -0.3 is 4.90 Å². The van der Waals surface area contributed by atoms with Gasteiger partial charge in [-0.2, -0.15) is 0 Å². The molecule has 2 amide bonds. The SMILES string of the molecule is CCSc1nnc(NC(=O)[C@@H]2CCCN2C(=O)C23CC4CC(CC(C4)C2)C3)s1. The van der Waals surface area contributed by atoms with E-state index in [2.05, 4.69) is 22.4 Å². The summed E-state index contributed by atoms with van der Waals surface area (Å²) in [5, 5.41) is 11.6. The van der Waals surface area contributed by atoms with Gasteiger partial charge in [-0.15, -0.1) is 10.2 Å². The Bertz CT molecular complexity index is 745. The van der Waals surface area contributed by atoms with Crippen molar-refractivity contribution >= 4 is 40.0 Å². The van der Waals surface area contributed by atoms with E-state index in [0.717, 1.165) is 60.0 Å². The molecule has 6 nitrogen and oxygen atoms in total. The zero-order chi connectivity index (χ0) is 19.3. The summed E-state index contributed by atoms with van der Waals surface area (Å²) in [4.78, 5) is 28.5. The molecule has 1 atom stereocenters. The summed E-state index contributed by atoms with van der Waals surface area (Å²) in [5.74, 6) is 3.31. The maximum atomic E-state index is 13.7. The molecule has 5 fully saturated rings. The molecule has 1 saturated heterocycles. The topological polar surface area (TPSA) is 75.2 Å². The number of nitrogens with zero attached hydrogens (tertiary/aromatic N) is 3. The molecule has 0 unspecified atom stereocenters. The number of nitrogens with one attached hydrogen (secondary N) is 1. The van der Waals surface area contributed by atoms with Crippen molar-refractivity contribution in [1.82, 2.24) is 15.1 Å². The van der Waals surface area contributed by atoms with Gasteiger partial charge in [0, 0.05) is 6.54 Å². The number of hydrogen-bond donors (Lipinski definition) is 1. The lowest BCUT2D eigenvalue weighted by Gasteiger charge is -2.56. The van der Waals surface area contributed by atoms with Crippen LogP contribution >= 0.6 is 23.1 Å². The van der Waals surface area contributed by atoms with Gasteiger partial charge in [0.25, 0.3) is 0 Å². The summed E-state index contributed by atoms with van der Waals surface area (Å²) in [6.07, 6.45) is 8.79. The fourth-order valence-electron chi connectivity index (χ4n) is 6.59. The normalized spacial score (nSPS) is 36.1. The first-order valence-corrected chi connectivity index (χ1v) is 12.4. The largest absolute Gasteiger partial charge is 0.330 e. The minimum atomic E-state index is -0.355. The molecule has 4 aliphatic carbocycles. The molecule has 6 rings (SSSR count). The Balaban J connectivity index is 1.29. The smallest absolute Gasteiger partial charge is 0.249 e. The van der Waals surface area contributed by atoms with Crippen LogP contribution < -0.4 is 5.32 Å². The second kappa shape index (κ2) is 7.27. The standard InChI is InChI=1S/C20H28N4O2S2/c1-2-27-19-23-22-18(28-19)21-16(25)15-4-3-5-24(15)17(26)20-9-12-6-13(10-20)8-14(7-12)11-20/h12-15H,2-11H2,1H3,(H,21,22,25)/t12?,13?,14?,15-,20?/m0/s1. The highest BCUT2D eigenvalue weighted by atomic mass is 32.2. The molecule has 28 heavy (non-hydrogen) atoms. The first-order valence-electron chi connectivity index (χ1n) is 10.6. The summed E-state index contributed by atoms with van der Waals surface area (Å²) in [6, 6.07) is -0.355. The maximum Gasteiger partial charge on any atom is 0.249 e. The van der Waals surface area contributed by atoms with Gasteiger partial charge in [0.05, 0.1) is 5.41 Å². The van der Waals surface area contributed by atoms with E-state index in [1.807, 2.05) is 4.90 Å². The number of rotatable bonds is 5. The Kier molecular flexibility index (Phi) is 4.90. The van der Waals surface area contributed by atoms with Crippen LogP contribution in [0.25, 0.3) is 0 Å². The monoisotopic (exact) mass is 420 g/mol. The van der Waals surface area contributed by atoms with Crippen LogP contribution in [0.5, 0.6) is 0 Å². The van der Waals surface area contributed by atoms with E-state index in [4.69, 9.17) is 0 Å². The van der Waals surface area contributed by atoms with Crippen LogP contribution in [0.4, 0.5) is 5.13 Å². The Morgan fingerprint density at radius 3 is 2.50 bits per heavy atom. The molecule has 0 radical (unpaired) electrons. The van der Waals surface area contributed by atoms with Gasteiger partial charge in [0.2, 0.25) is 16.9 Å². The first kappa shape index (κ1) is 18.9. The van der Waals surface area contributed by atoms with Crippen molar-refractivity contribution in [3.8, 4) is 0 Å². The average molecular weight is 421 g/mol. The number of amides is 2. The summed E-state index contributed by atoms with van der Waals surface area (Å²) in [6.45, 7) is 2.78. The van der Waals surface area contributed by atoms with Gasteiger partial charge >= 0.3 is 0 Å². The van der Waals surface area contributed by atoms with Gasteiger partial charge in [-0.25, -0.2) is 0 Å². The van der Waals surface area contributed by atoms with E-state index in [9.17, 15) is 9.59 Å². The van der Waals surface area contributed by atoms with Crippen LogP contribution in [-0.2, 0) is 9.59 Å². The highest BCUT2D eigenvalue weighted by Crippen LogP contribution is 2.60. The summed E-state index contributed by atoms with van der Waals surface area (Å²) >= 11 is 3.03. The highest BCUT2D eigenvalue weighted by molar-refractivity contribution is 8.01. The lowest BCUT2D eigenvalue weighted by molar-refractivity contribution is -0.160. The molecule has 0 spiro atoms. The third kappa shape index (κ3) is 3.26. The van der Waals surface area contributed by atoms with Gasteiger partial charge in [0.15, 0.2) is 4.34 Å². The minimum absolute atomic E-state index is 0.0974. The molecule has 1 aromatic rings. The summed E-state index contributed by atoms with van der Waals surface area (Å²) in [7, 11) is 0. The van der Waals surface area contributed by atoms with Crippen LogP contribution in [0.2, 0.25) is 0 Å². The molecule has 4 bridgehead atoms. The maximum absolute atomic E-state index is 13.7. The second-order valence-electron chi connectivity index (χ2n) is 9.15. The summed E-state index contributed by atoms with van der Waals surface area (Å²) < 4.78 is 0.866. The highest BCUT2D eigenvalue weighted by Gasteiger charge is 2.56. The Morgan fingerprint density at radius 2 is 1.86 bits per heavy atom. The van der Waals surface area contributed by atoms with Crippen molar-refractivity contribution in [2.45, 2.75) is 68.7 Å². The molecular weight excluding hydrogens is 392 g/mol. The molecule has 2 heterocycles. The molecule has 8 heteroatoms. The van der Waals surface area contributed by atoms with E-state index in [1.54, 1.807) is 11.8 Å². The lowest BCUT2D eigenvalue weighted by Crippen LogP contribution is -2.56. The number of aromatic nitrogens is 2. The van der Waals surface area contributed by atoms with Gasteiger partial charge in [-0.1, -0.05) is 30.0 Å². The molecule has 1 N–H and O–H groups in total. The lowest BCUT2D eigenvalue weighted by atomic mass is 9.49. The minimum Gasteiger partial charge on any atom is -0.330 e. The van der Waals surface area contributed by atoms with Crippen LogP contribution in [0.15, 0.2) is 4.34 Å². The Hall–Kier alpha value is -1.15. The number of likely N-dealkylation sites (tertiary alicyclic amines) is 1. The second-order valence-corrected chi connectivity index (χ2v) is 11.6. The van der Waals surface area contributed by atoms with Crippen molar-refractivity contribution in [3.05, 3.63) is 0 Å². The van der Waals surface area contributed by atoms with E-state index >= 15 is 0 Å². The number of anilines is 1. The summed E-state index contributed by atoms with van der Waals surface area (Å²) in [5.41, 5.74) is -0.175. The number of thioether (sulfide) groups is 1. The van der Waals surface area contributed by atoms with Gasteiger partial charge in [-0.05, 0) is 74.9 Å². The van der Waals surface area contributed by atoms with Crippen molar-refractivity contribution < 1.29 is 9.59 Å². The van der Waals surface area contributed by atoms with Crippen molar-refractivity contribution in [2.24, 2.45) is 23.2 Å². The zero-order valence-corrected chi connectivity index (χ0v) is 18.0. The van der Waals surface area contributed by atoms with Crippen LogP contribution in [-0.4, -0.2) is 45.3 Å². The number of carbonyl (C=O) groups excluding carboxylic acids is 2. The van der Waals surface area contributed by atoms with Crippen LogP contribution in [0, 0.1) is 23.2 Å². The third-order valence-corrected chi connectivity index (χ3v) is 9.07. The predicted molar refractivity (Wildman–Crippen MR) is 110 cm³/mol. The van der Waals surface area contributed by atoms with E-state index in [1.165, 1.54) is 30.6 Å². The van der Waals surface area contributed by atoms with Crippen molar-refractivity contribution in [2.75, 3.05) is 17.6 Å². The fraction of sp³-hybridized carbons (Fsp3) is 0.800. The van der Waals surface area contributed by atoms with E-state index in [-0.39, 0.29) is 23.3 Å². The molecule has 152 valence electrons. The van der Waals surface area contributed by atoms with E-state index in [0.29, 0.717) is 11.7 Å². The molecule has 4 saturated carbocycles. The van der Waals surface area contributed by atoms with Crippen LogP contribution in [0.1, 0.15) is 58.3 Å². The predicted octanol–water partition coefficient (Wildman–Crippen LogP) is 3.80. The van der Waals surface area contributed by atoms with Gasteiger partial charge in [0.1, 0.15) is 6.04 Å². The Morgan fingerprint density at radius 1 is 1.18 bits per heavy atom. The quantitative estimate of drug-likeness (QED) is 0.579. The molecule has 1 aromatic heterocycles. The average Bonchev–Trinajstić information content (AvgIpc) is 3.30. The molecular formula is C20H28N4O2S2. The number of carbonyl (C=O) groups is 2. The fourth-order valence-corrected chi connectivity index (χ4v) is 8.24. The third-order valence-electron chi connectivity index (χ3n) is 7.21. The Labute approximate surface area is 174 Å². The molecule has 5 aliphatic rings.